The third-order valence-corrected chi connectivity index (χ3v) is 4.24. The number of halogens is 1. The SMILES string of the molecule is Cc1nc2cc(F)cc(C(=O)NCCCCCCCC(=O)O)c2nc1C. The molecule has 26 heavy (non-hydrogen) atoms. The number of nitrogens with one attached hydrogen (secondary N) is 1. The van der Waals surface area contributed by atoms with Crippen LogP contribution in [0.3, 0.4) is 0 Å². The van der Waals surface area contributed by atoms with Crippen molar-refractivity contribution in [3.05, 3.63) is 34.9 Å². The van der Waals surface area contributed by atoms with Gasteiger partial charge in [0.15, 0.2) is 0 Å². The van der Waals surface area contributed by atoms with Gasteiger partial charge in [-0.1, -0.05) is 19.3 Å². The summed E-state index contributed by atoms with van der Waals surface area (Å²) in [4.78, 5) is 31.5. The van der Waals surface area contributed by atoms with Crippen LogP contribution in [-0.2, 0) is 4.79 Å². The molecule has 0 atom stereocenters. The van der Waals surface area contributed by atoms with Gasteiger partial charge in [0, 0.05) is 19.0 Å². The van der Waals surface area contributed by atoms with Crippen LogP contribution >= 0.6 is 0 Å². The normalized spacial score (nSPS) is 10.9. The Kier molecular flexibility index (Phi) is 7.00. The summed E-state index contributed by atoms with van der Waals surface area (Å²) in [6.07, 6.45) is 4.36. The molecule has 1 aromatic carbocycles. The topological polar surface area (TPSA) is 92.2 Å². The number of hydrogen-bond donors (Lipinski definition) is 2. The van der Waals surface area contributed by atoms with Crippen LogP contribution in [0.4, 0.5) is 4.39 Å². The first-order chi connectivity index (χ1) is 12.4. The van der Waals surface area contributed by atoms with Crippen LogP contribution in [0.1, 0.15) is 60.3 Å². The largest absolute Gasteiger partial charge is 0.481 e. The van der Waals surface area contributed by atoms with Crippen LogP contribution in [0, 0.1) is 19.7 Å². The first-order valence-corrected chi connectivity index (χ1v) is 8.83. The minimum atomic E-state index is -0.770. The van der Waals surface area contributed by atoms with Gasteiger partial charge < -0.3 is 10.4 Å². The van der Waals surface area contributed by atoms with Crippen molar-refractivity contribution in [1.29, 1.82) is 0 Å². The van der Waals surface area contributed by atoms with Crippen LogP contribution < -0.4 is 5.32 Å². The Balaban J connectivity index is 1.89. The molecule has 1 heterocycles. The van der Waals surface area contributed by atoms with Crippen molar-refractivity contribution in [2.45, 2.75) is 52.4 Å². The van der Waals surface area contributed by atoms with E-state index in [4.69, 9.17) is 5.11 Å². The molecule has 0 aliphatic rings. The summed E-state index contributed by atoms with van der Waals surface area (Å²) in [5, 5.41) is 11.4. The molecule has 6 nitrogen and oxygen atoms in total. The third kappa shape index (κ3) is 5.47. The second-order valence-corrected chi connectivity index (χ2v) is 6.38. The van der Waals surface area contributed by atoms with E-state index < -0.39 is 11.8 Å². The lowest BCUT2D eigenvalue weighted by atomic mass is 10.1. The first kappa shape index (κ1) is 19.8. The quantitative estimate of drug-likeness (QED) is 0.667. The highest BCUT2D eigenvalue weighted by Gasteiger charge is 2.15. The summed E-state index contributed by atoms with van der Waals surface area (Å²) in [6, 6.07) is 2.47. The minimum absolute atomic E-state index is 0.192. The monoisotopic (exact) mass is 361 g/mol. The lowest BCUT2D eigenvalue weighted by molar-refractivity contribution is -0.137. The fourth-order valence-corrected chi connectivity index (χ4v) is 2.70. The van der Waals surface area contributed by atoms with Crippen molar-refractivity contribution >= 4 is 22.9 Å². The van der Waals surface area contributed by atoms with E-state index in [-0.39, 0.29) is 17.9 Å². The molecule has 2 rings (SSSR count). The van der Waals surface area contributed by atoms with Gasteiger partial charge in [0.2, 0.25) is 0 Å². The van der Waals surface area contributed by atoms with E-state index in [0.29, 0.717) is 35.4 Å². The number of nitrogens with zero attached hydrogens (tertiary/aromatic N) is 2. The summed E-state index contributed by atoms with van der Waals surface area (Å²) < 4.78 is 13.8. The number of aromatic nitrogens is 2. The van der Waals surface area contributed by atoms with Crippen molar-refractivity contribution in [1.82, 2.24) is 15.3 Å². The number of carbonyl (C=O) groups is 2. The summed E-state index contributed by atoms with van der Waals surface area (Å²) in [5.41, 5.74) is 2.38. The number of carboxylic acid groups (broad SMARTS) is 1. The van der Waals surface area contributed by atoms with Crippen molar-refractivity contribution in [3.63, 3.8) is 0 Å². The Bertz CT molecular complexity index is 808. The van der Waals surface area contributed by atoms with Gasteiger partial charge in [-0.2, -0.15) is 0 Å². The second kappa shape index (κ2) is 9.22. The average Bonchev–Trinajstić information content (AvgIpc) is 2.57. The maximum atomic E-state index is 13.8. The van der Waals surface area contributed by atoms with E-state index in [9.17, 15) is 14.0 Å². The molecule has 2 aromatic rings. The van der Waals surface area contributed by atoms with Gasteiger partial charge in [-0.05, 0) is 32.8 Å². The van der Waals surface area contributed by atoms with E-state index in [1.807, 2.05) is 0 Å². The molecule has 1 amide bonds. The van der Waals surface area contributed by atoms with Gasteiger partial charge >= 0.3 is 5.97 Å². The van der Waals surface area contributed by atoms with E-state index in [0.717, 1.165) is 25.7 Å². The zero-order chi connectivity index (χ0) is 19.1. The highest BCUT2D eigenvalue weighted by atomic mass is 19.1. The summed E-state index contributed by atoms with van der Waals surface area (Å²) in [5.74, 6) is -1.65. The van der Waals surface area contributed by atoms with Crippen LogP contribution in [-0.4, -0.2) is 33.5 Å². The predicted octanol–water partition coefficient (Wildman–Crippen LogP) is 3.54. The number of carbonyl (C=O) groups excluding carboxylic acids is 1. The number of amides is 1. The summed E-state index contributed by atoms with van der Waals surface area (Å²) in [6.45, 7) is 4.08. The summed E-state index contributed by atoms with van der Waals surface area (Å²) >= 11 is 0. The van der Waals surface area contributed by atoms with E-state index in [2.05, 4.69) is 15.3 Å². The number of hydrogen-bond acceptors (Lipinski definition) is 4. The third-order valence-electron chi connectivity index (χ3n) is 4.24. The first-order valence-electron chi connectivity index (χ1n) is 8.83. The fraction of sp³-hybridized carbons (Fsp3) is 0.474. The van der Waals surface area contributed by atoms with E-state index in [1.54, 1.807) is 13.8 Å². The van der Waals surface area contributed by atoms with Gasteiger partial charge in [-0.3, -0.25) is 9.59 Å². The number of aryl methyl sites for hydroxylation is 2. The maximum absolute atomic E-state index is 13.8. The standard InChI is InChI=1S/C19H24FN3O3/c1-12-13(2)23-18-15(10-14(20)11-16(18)22-12)19(26)21-9-7-5-3-4-6-8-17(24)25/h10-11H,3-9H2,1-2H3,(H,21,26)(H,24,25). The molecular formula is C19H24FN3O3. The van der Waals surface area contributed by atoms with E-state index >= 15 is 0 Å². The molecule has 0 saturated carbocycles. The zero-order valence-corrected chi connectivity index (χ0v) is 15.1. The molecular weight excluding hydrogens is 337 g/mol. The van der Waals surface area contributed by atoms with Crippen LogP contribution in [0.2, 0.25) is 0 Å². The Morgan fingerprint density at radius 2 is 1.69 bits per heavy atom. The molecule has 0 radical (unpaired) electrons. The lowest BCUT2D eigenvalue weighted by Gasteiger charge is -2.09. The van der Waals surface area contributed by atoms with Crippen molar-refractivity contribution < 1.29 is 19.1 Å². The Morgan fingerprint density at radius 3 is 2.42 bits per heavy atom. The van der Waals surface area contributed by atoms with Crippen molar-refractivity contribution in [2.24, 2.45) is 0 Å². The highest BCUT2D eigenvalue weighted by molar-refractivity contribution is 6.04. The molecule has 0 unspecified atom stereocenters. The van der Waals surface area contributed by atoms with Gasteiger partial charge in [0.25, 0.3) is 5.91 Å². The molecule has 0 spiro atoms. The number of carboxylic acids is 1. The zero-order valence-electron chi connectivity index (χ0n) is 15.1. The maximum Gasteiger partial charge on any atom is 0.303 e. The molecule has 0 aliphatic heterocycles. The van der Waals surface area contributed by atoms with E-state index in [1.165, 1.54) is 12.1 Å². The molecule has 0 aliphatic carbocycles. The second-order valence-electron chi connectivity index (χ2n) is 6.38. The van der Waals surface area contributed by atoms with Crippen LogP contribution in [0.15, 0.2) is 12.1 Å². The molecule has 7 heteroatoms. The van der Waals surface area contributed by atoms with Gasteiger partial charge in [0.1, 0.15) is 11.3 Å². The van der Waals surface area contributed by atoms with Gasteiger partial charge in [0.05, 0.1) is 22.5 Å². The van der Waals surface area contributed by atoms with Gasteiger partial charge in [-0.15, -0.1) is 0 Å². The van der Waals surface area contributed by atoms with Crippen molar-refractivity contribution in [3.8, 4) is 0 Å². The summed E-state index contributed by atoms with van der Waals surface area (Å²) in [7, 11) is 0. The lowest BCUT2D eigenvalue weighted by Crippen LogP contribution is -2.25. The molecule has 2 N–H and O–H groups in total. The predicted molar refractivity (Wildman–Crippen MR) is 96.6 cm³/mol. The highest BCUT2D eigenvalue weighted by Crippen LogP contribution is 2.19. The molecule has 0 saturated heterocycles. The number of rotatable bonds is 9. The van der Waals surface area contributed by atoms with Crippen molar-refractivity contribution in [2.75, 3.05) is 6.54 Å². The van der Waals surface area contributed by atoms with Crippen LogP contribution in [0.5, 0.6) is 0 Å². The molecule has 0 fully saturated rings. The van der Waals surface area contributed by atoms with Gasteiger partial charge in [-0.25, -0.2) is 14.4 Å². The Labute approximate surface area is 151 Å². The average molecular weight is 361 g/mol. The molecule has 0 bridgehead atoms. The Hall–Kier alpha value is -2.57. The minimum Gasteiger partial charge on any atom is -0.481 e. The van der Waals surface area contributed by atoms with Crippen LogP contribution in [0.25, 0.3) is 11.0 Å². The Morgan fingerprint density at radius 1 is 1.04 bits per heavy atom. The fourth-order valence-electron chi connectivity index (χ4n) is 2.70. The molecule has 1 aromatic heterocycles. The number of fused-ring (bicyclic) bond motifs is 1. The number of aliphatic carboxylic acids is 1. The smallest absolute Gasteiger partial charge is 0.303 e. The number of unbranched alkanes of at least 4 members (excludes halogenated alkanes) is 4. The molecule has 140 valence electrons. The number of benzene rings is 1.